The maximum Gasteiger partial charge on any atom is 0.337 e. The number of pyridine rings is 2. The van der Waals surface area contributed by atoms with Crippen molar-refractivity contribution in [3.05, 3.63) is 54.1 Å². The van der Waals surface area contributed by atoms with Crippen molar-refractivity contribution in [1.29, 1.82) is 0 Å². The number of nitrogens with zero attached hydrogens (tertiary/aromatic N) is 7. The fraction of sp³-hybridized carbons (Fsp3) is 0.318. The van der Waals surface area contributed by atoms with Gasteiger partial charge in [-0.3, -0.25) is 4.68 Å². The molecule has 9 heteroatoms. The van der Waals surface area contributed by atoms with Crippen molar-refractivity contribution < 1.29 is 9.90 Å². The maximum atomic E-state index is 11.4. The highest BCUT2D eigenvalue weighted by molar-refractivity contribution is 5.91. The molecule has 1 saturated heterocycles. The second-order valence-corrected chi connectivity index (χ2v) is 7.96. The molecule has 0 amide bonds. The van der Waals surface area contributed by atoms with Crippen molar-refractivity contribution in [3.8, 4) is 11.4 Å². The van der Waals surface area contributed by atoms with Crippen LogP contribution in [0.3, 0.4) is 0 Å². The van der Waals surface area contributed by atoms with E-state index in [1.165, 1.54) is 19.0 Å². The highest BCUT2D eigenvalue weighted by Crippen LogP contribution is 2.28. The lowest BCUT2D eigenvalue weighted by Crippen LogP contribution is -2.26. The Morgan fingerprint density at radius 2 is 2.10 bits per heavy atom. The number of aromatic carboxylic acids is 1. The fourth-order valence-electron chi connectivity index (χ4n) is 4.17. The number of carbonyl (C=O) groups is 1. The van der Waals surface area contributed by atoms with Crippen LogP contribution in [0.2, 0.25) is 0 Å². The van der Waals surface area contributed by atoms with Crippen molar-refractivity contribution >= 4 is 23.0 Å². The molecule has 0 bridgehead atoms. The Morgan fingerprint density at radius 1 is 1.23 bits per heavy atom. The van der Waals surface area contributed by atoms with Crippen molar-refractivity contribution in [2.75, 3.05) is 11.4 Å². The van der Waals surface area contributed by atoms with Gasteiger partial charge in [0.05, 0.1) is 17.8 Å². The number of rotatable bonds is 5. The van der Waals surface area contributed by atoms with Gasteiger partial charge in [-0.05, 0) is 44.0 Å². The summed E-state index contributed by atoms with van der Waals surface area (Å²) in [5, 5.41) is 13.8. The second kappa shape index (κ2) is 7.50. The van der Waals surface area contributed by atoms with E-state index < -0.39 is 5.97 Å². The molecule has 0 aromatic carbocycles. The van der Waals surface area contributed by atoms with E-state index in [0.29, 0.717) is 29.6 Å². The van der Waals surface area contributed by atoms with Gasteiger partial charge in [0.1, 0.15) is 17.2 Å². The number of imidazole rings is 1. The van der Waals surface area contributed by atoms with Gasteiger partial charge in [-0.15, -0.1) is 0 Å². The summed E-state index contributed by atoms with van der Waals surface area (Å²) in [6.45, 7) is 3.71. The summed E-state index contributed by atoms with van der Waals surface area (Å²) in [7, 11) is 1.87. The number of hydrogen-bond acceptors (Lipinski definition) is 6. The molecule has 9 nitrogen and oxygen atoms in total. The zero-order valence-electron chi connectivity index (χ0n) is 17.4. The summed E-state index contributed by atoms with van der Waals surface area (Å²) >= 11 is 0. The highest BCUT2D eigenvalue weighted by atomic mass is 16.4. The van der Waals surface area contributed by atoms with Crippen LogP contribution in [0, 0.1) is 0 Å². The number of hydrogen-bond donors (Lipinski definition) is 1. The van der Waals surface area contributed by atoms with Gasteiger partial charge in [-0.1, -0.05) is 0 Å². The van der Waals surface area contributed by atoms with Crippen LogP contribution in [0.1, 0.15) is 35.8 Å². The summed E-state index contributed by atoms with van der Waals surface area (Å²) in [4.78, 5) is 27.5. The maximum absolute atomic E-state index is 11.4. The Bertz CT molecular complexity index is 1260. The van der Waals surface area contributed by atoms with Gasteiger partial charge >= 0.3 is 5.97 Å². The zero-order chi connectivity index (χ0) is 21.5. The first-order chi connectivity index (χ1) is 15.0. The lowest BCUT2D eigenvalue weighted by atomic mass is 10.2. The van der Waals surface area contributed by atoms with Gasteiger partial charge in [-0.25, -0.2) is 19.7 Å². The van der Waals surface area contributed by atoms with Crippen molar-refractivity contribution in [2.24, 2.45) is 7.05 Å². The molecule has 0 saturated carbocycles. The molecule has 0 spiro atoms. The molecule has 1 unspecified atom stereocenters. The normalized spacial score (nSPS) is 16.3. The minimum Gasteiger partial charge on any atom is -0.478 e. The molecule has 31 heavy (non-hydrogen) atoms. The molecule has 5 heterocycles. The molecule has 158 valence electrons. The Balaban J connectivity index is 1.59. The van der Waals surface area contributed by atoms with E-state index in [1.807, 2.05) is 42.2 Å². The molecular formula is C22H23N7O2. The zero-order valence-corrected chi connectivity index (χ0v) is 17.4. The van der Waals surface area contributed by atoms with Crippen LogP contribution < -0.4 is 4.90 Å². The predicted molar refractivity (Wildman–Crippen MR) is 116 cm³/mol. The van der Waals surface area contributed by atoms with Crippen LogP contribution in [0.4, 0.5) is 5.82 Å². The first-order valence-corrected chi connectivity index (χ1v) is 10.3. The van der Waals surface area contributed by atoms with E-state index in [9.17, 15) is 9.90 Å². The fourth-order valence-corrected chi connectivity index (χ4v) is 4.17. The molecule has 1 atom stereocenters. The van der Waals surface area contributed by atoms with Gasteiger partial charge in [0.2, 0.25) is 0 Å². The molecule has 1 aliphatic rings. The van der Waals surface area contributed by atoms with Crippen LogP contribution in [0.5, 0.6) is 0 Å². The highest BCUT2D eigenvalue weighted by Gasteiger charge is 2.22. The van der Waals surface area contributed by atoms with Crippen molar-refractivity contribution in [3.63, 3.8) is 0 Å². The lowest BCUT2D eigenvalue weighted by Gasteiger charge is -2.22. The molecule has 4 aromatic heterocycles. The van der Waals surface area contributed by atoms with Gasteiger partial charge in [-0.2, -0.15) is 5.10 Å². The molecule has 0 radical (unpaired) electrons. The minimum atomic E-state index is -1.03. The summed E-state index contributed by atoms with van der Waals surface area (Å²) in [6.07, 6.45) is 7.44. The van der Waals surface area contributed by atoms with E-state index in [1.54, 1.807) is 10.7 Å². The number of carboxylic acid groups (broad SMARTS) is 1. The lowest BCUT2D eigenvalue weighted by molar-refractivity contribution is 0.0696. The van der Waals surface area contributed by atoms with Gasteiger partial charge in [0, 0.05) is 43.8 Å². The van der Waals surface area contributed by atoms with E-state index in [4.69, 9.17) is 9.97 Å². The smallest absolute Gasteiger partial charge is 0.337 e. The average molecular weight is 417 g/mol. The number of fused-ring (bicyclic) bond motifs is 1. The SMILES string of the molecule is CC1CCCN1c1ccc(-c2nc3cc(C(=O)O)cnc3n2Cc2ccn(C)n2)cn1. The standard InChI is InChI=1S/C22H23N7O2/c1-14-4-3-8-28(14)19-6-5-15(11-23-19)20-25-18-10-16(22(30)31)12-24-21(18)29(20)13-17-7-9-27(2)26-17/h5-7,9-12,14H,3-4,8,13H2,1-2H3,(H,30,31). The van der Waals surface area contributed by atoms with Gasteiger partial charge < -0.3 is 14.6 Å². The summed E-state index contributed by atoms with van der Waals surface area (Å²) in [5.74, 6) is 0.623. The molecular weight excluding hydrogens is 394 g/mol. The first-order valence-electron chi connectivity index (χ1n) is 10.3. The van der Waals surface area contributed by atoms with Gasteiger partial charge in [0.15, 0.2) is 5.65 Å². The Kier molecular flexibility index (Phi) is 4.65. The molecule has 1 aliphatic heterocycles. The van der Waals surface area contributed by atoms with Crippen molar-refractivity contribution in [1.82, 2.24) is 29.3 Å². The third-order valence-electron chi connectivity index (χ3n) is 5.77. The third-order valence-corrected chi connectivity index (χ3v) is 5.77. The summed E-state index contributed by atoms with van der Waals surface area (Å²) < 4.78 is 3.70. The van der Waals surface area contributed by atoms with Crippen LogP contribution in [-0.2, 0) is 13.6 Å². The molecule has 5 rings (SSSR count). The molecule has 1 fully saturated rings. The van der Waals surface area contributed by atoms with E-state index in [2.05, 4.69) is 21.9 Å². The molecule has 0 aliphatic carbocycles. The van der Waals surface area contributed by atoms with E-state index in [0.717, 1.165) is 23.6 Å². The van der Waals surface area contributed by atoms with E-state index >= 15 is 0 Å². The first kappa shape index (κ1) is 19.2. The topological polar surface area (TPSA) is 102 Å². The summed E-state index contributed by atoms with van der Waals surface area (Å²) in [6, 6.07) is 8.03. The van der Waals surface area contributed by atoms with Crippen LogP contribution in [-0.4, -0.2) is 53.0 Å². The van der Waals surface area contributed by atoms with E-state index in [-0.39, 0.29) is 5.56 Å². The largest absolute Gasteiger partial charge is 0.478 e. The van der Waals surface area contributed by atoms with Crippen molar-refractivity contribution in [2.45, 2.75) is 32.4 Å². The predicted octanol–water partition coefficient (Wildman–Crippen LogP) is 2.96. The van der Waals surface area contributed by atoms with Crippen LogP contribution >= 0.6 is 0 Å². The minimum absolute atomic E-state index is 0.109. The quantitative estimate of drug-likeness (QED) is 0.533. The van der Waals surface area contributed by atoms with Crippen LogP contribution in [0.15, 0.2) is 42.9 Å². The Labute approximate surface area is 179 Å². The summed E-state index contributed by atoms with van der Waals surface area (Å²) in [5.41, 5.74) is 2.97. The average Bonchev–Trinajstić information content (AvgIpc) is 3.47. The number of anilines is 1. The van der Waals surface area contributed by atoms with Crippen LogP contribution in [0.25, 0.3) is 22.6 Å². The Hall–Kier alpha value is -3.75. The number of aryl methyl sites for hydroxylation is 1. The second-order valence-electron chi connectivity index (χ2n) is 7.96. The molecule has 4 aromatic rings. The third kappa shape index (κ3) is 3.52. The number of aromatic nitrogens is 6. The monoisotopic (exact) mass is 417 g/mol. The Morgan fingerprint density at radius 3 is 2.74 bits per heavy atom. The van der Waals surface area contributed by atoms with Gasteiger partial charge in [0.25, 0.3) is 0 Å². The number of carboxylic acids is 1. The molecule has 1 N–H and O–H groups in total.